The molecule has 200 valence electrons. The number of carbonyl (C=O) groups is 1. The normalized spacial score (nSPS) is 11.4. The second-order valence-electron chi connectivity index (χ2n) is 8.68. The fourth-order valence-electron chi connectivity index (χ4n) is 4.00. The molecule has 4 aromatic rings. The van der Waals surface area contributed by atoms with E-state index in [0.29, 0.717) is 24.3 Å². The standard InChI is InChI=1S/C28H28F3N3O3S/c1-4-5-14-32-26(35)23-15-25(24-17-38-27(33-24)20-8-12-21(36-3)13-9-20)34(18(23)2)16-19-6-10-22(11-7-19)37-28(29,30)31/h6-13,15,17H,4-5,14,16H2,1-3H3,(H,32,35). The van der Waals surface area contributed by atoms with Gasteiger partial charge in [-0.15, -0.1) is 24.5 Å². The van der Waals surface area contributed by atoms with E-state index in [2.05, 4.69) is 17.0 Å². The number of nitrogens with one attached hydrogen (secondary N) is 1. The molecule has 2 heterocycles. The van der Waals surface area contributed by atoms with Crippen molar-refractivity contribution in [2.75, 3.05) is 13.7 Å². The lowest BCUT2D eigenvalue weighted by molar-refractivity contribution is -0.274. The first-order valence-corrected chi connectivity index (χ1v) is 13.0. The zero-order valence-electron chi connectivity index (χ0n) is 21.3. The maximum absolute atomic E-state index is 13.0. The largest absolute Gasteiger partial charge is 0.573 e. The number of carbonyl (C=O) groups excluding carboxylic acids is 1. The Kier molecular flexibility index (Phi) is 8.41. The lowest BCUT2D eigenvalue weighted by Crippen LogP contribution is -2.24. The molecule has 0 spiro atoms. The van der Waals surface area contributed by atoms with E-state index in [1.54, 1.807) is 19.2 Å². The Morgan fingerprint density at radius 3 is 2.39 bits per heavy atom. The number of unbranched alkanes of at least 4 members (excludes halogenated alkanes) is 1. The van der Waals surface area contributed by atoms with Gasteiger partial charge in [-0.05, 0) is 61.4 Å². The molecule has 0 aliphatic rings. The van der Waals surface area contributed by atoms with Gasteiger partial charge in [0.2, 0.25) is 0 Å². The third-order valence-corrected chi connectivity index (χ3v) is 6.92. The van der Waals surface area contributed by atoms with Gasteiger partial charge in [-0.3, -0.25) is 4.79 Å². The van der Waals surface area contributed by atoms with Gasteiger partial charge in [0.15, 0.2) is 0 Å². The molecule has 0 saturated heterocycles. The molecule has 4 rings (SSSR count). The molecule has 0 aliphatic carbocycles. The molecule has 6 nitrogen and oxygen atoms in total. The number of halogens is 3. The van der Waals surface area contributed by atoms with Crippen LogP contribution in [-0.4, -0.2) is 35.5 Å². The molecule has 0 saturated carbocycles. The second kappa shape index (κ2) is 11.7. The summed E-state index contributed by atoms with van der Waals surface area (Å²) in [5, 5.41) is 5.71. The molecule has 1 amide bonds. The zero-order chi connectivity index (χ0) is 27.3. The molecule has 2 aromatic carbocycles. The molecule has 10 heteroatoms. The van der Waals surface area contributed by atoms with Gasteiger partial charge in [-0.2, -0.15) is 0 Å². The average molecular weight is 544 g/mol. The van der Waals surface area contributed by atoms with Crippen molar-refractivity contribution >= 4 is 17.2 Å². The van der Waals surface area contributed by atoms with Crippen molar-refractivity contribution in [2.45, 2.75) is 39.6 Å². The average Bonchev–Trinajstić information content (AvgIpc) is 3.50. The maximum atomic E-state index is 13.0. The van der Waals surface area contributed by atoms with Crippen LogP contribution in [-0.2, 0) is 6.54 Å². The molecule has 0 radical (unpaired) electrons. The van der Waals surface area contributed by atoms with E-state index in [4.69, 9.17) is 9.72 Å². The van der Waals surface area contributed by atoms with Crippen LogP contribution in [0.5, 0.6) is 11.5 Å². The van der Waals surface area contributed by atoms with Gasteiger partial charge in [-0.1, -0.05) is 25.5 Å². The Morgan fingerprint density at radius 2 is 1.76 bits per heavy atom. The van der Waals surface area contributed by atoms with Gasteiger partial charge >= 0.3 is 6.36 Å². The number of aromatic nitrogens is 2. The maximum Gasteiger partial charge on any atom is 0.573 e. The first-order valence-electron chi connectivity index (χ1n) is 12.1. The molecular formula is C28H28F3N3O3S. The van der Waals surface area contributed by atoms with Gasteiger partial charge in [0.05, 0.1) is 24.1 Å². The number of alkyl halides is 3. The zero-order valence-corrected chi connectivity index (χ0v) is 22.1. The number of thiazole rings is 1. The Morgan fingerprint density at radius 1 is 1.08 bits per heavy atom. The fourth-order valence-corrected chi connectivity index (χ4v) is 4.82. The van der Waals surface area contributed by atoms with Gasteiger partial charge < -0.3 is 19.4 Å². The van der Waals surface area contributed by atoms with E-state index in [-0.39, 0.29) is 11.7 Å². The Hall–Kier alpha value is -3.79. The van der Waals surface area contributed by atoms with Gasteiger partial charge in [-0.25, -0.2) is 4.98 Å². The van der Waals surface area contributed by atoms with Crippen molar-refractivity contribution in [3.05, 3.63) is 76.8 Å². The van der Waals surface area contributed by atoms with Gasteiger partial charge in [0.1, 0.15) is 16.5 Å². The highest BCUT2D eigenvalue weighted by Crippen LogP contribution is 2.33. The van der Waals surface area contributed by atoms with Crippen LogP contribution in [0.2, 0.25) is 0 Å². The number of ether oxygens (including phenoxy) is 2. The summed E-state index contributed by atoms with van der Waals surface area (Å²) in [5.74, 6) is 0.293. The minimum absolute atomic E-state index is 0.171. The van der Waals surface area contributed by atoms with Crippen LogP contribution in [0.15, 0.2) is 60.0 Å². The molecule has 0 aliphatic heterocycles. The molecule has 0 atom stereocenters. The van der Waals surface area contributed by atoms with E-state index in [1.165, 1.54) is 23.5 Å². The summed E-state index contributed by atoms with van der Waals surface area (Å²) < 4.78 is 48.9. The summed E-state index contributed by atoms with van der Waals surface area (Å²) in [6, 6.07) is 15.2. The lowest BCUT2D eigenvalue weighted by Gasteiger charge is -2.13. The number of hydrogen-bond acceptors (Lipinski definition) is 5. The first-order chi connectivity index (χ1) is 18.2. The number of benzene rings is 2. The van der Waals surface area contributed by atoms with Gasteiger partial charge in [0.25, 0.3) is 5.91 Å². The smallest absolute Gasteiger partial charge is 0.497 e. The van der Waals surface area contributed by atoms with Crippen LogP contribution in [0.4, 0.5) is 13.2 Å². The van der Waals surface area contributed by atoms with E-state index in [9.17, 15) is 18.0 Å². The molecule has 2 aromatic heterocycles. The van der Waals surface area contributed by atoms with E-state index >= 15 is 0 Å². The van der Waals surface area contributed by atoms with Crippen molar-refractivity contribution in [2.24, 2.45) is 0 Å². The number of nitrogens with zero attached hydrogens (tertiary/aromatic N) is 2. The Bertz CT molecular complexity index is 1380. The summed E-state index contributed by atoms with van der Waals surface area (Å²) in [4.78, 5) is 17.8. The molecular weight excluding hydrogens is 515 g/mol. The van der Waals surface area contributed by atoms with Crippen LogP contribution in [0, 0.1) is 6.92 Å². The van der Waals surface area contributed by atoms with Crippen LogP contribution in [0.3, 0.4) is 0 Å². The summed E-state index contributed by atoms with van der Waals surface area (Å²) in [7, 11) is 1.61. The summed E-state index contributed by atoms with van der Waals surface area (Å²) in [6.07, 6.45) is -2.91. The third kappa shape index (κ3) is 6.55. The number of amides is 1. The summed E-state index contributed by atoms with van der Waals surface area (Å²) in [6.45, 7) is 4.83. The van der Waals surface area contributed by atoms with Crippen molar-refractivity contribution < 1.29 is 27.4 Å². The minimum atomic E-state index is -4.75. The SMILES string of the molecule is CCCCNC(=O)c1cc(-c2csc(-c3ccc(OC)cc3)n2)n(Cc2ccc(OC(F)(F)F)cc2)c1C. The van der Waals surface area contributed by atoms with Crippen LogP contribution in [0.1, 0.15) is 41.4 Å². The van der Waals surface area contributed by atoms with Crippen LogP contribution >= 0.6 is 11.3 Å². The monoisotopic (exact) mass is 543 g/mol. The predicted molar refractivity (Wildman–Crippen MR) is 142 cm³/mol. The first kappa shape index (κ1) is 27.3. The number of rotatable bonds is 10. The van der Waals surface area contributed by atoms with Gasteiger partial charge in [0, 0.05) is 29.7 Å². The fraction of sp³-hybridized carbons (Fsp3) is 0.286. The number of methoxy groups -OCH3 is 1. The van der Waals surface area contributed by atoms with Crippen molar-refractivity contribution in [3.8, 4) is 33.5 Å². The second-order valence-corrected chi connectivity index (χ2v) is 9.54. The number of hydrogen-bond donors (Lipinski definition) is 1. The summed E-state index contributed by atoms with van der Waals surface area (Å²) >= 11 is 1.48. The topological polar surface area (TPSA) is 65.4 Å². The quantitative estimate of drug-likeness (QED) is 0.217. The molecule has 38 heavy (non-hydrogen) atoms. The molecule has 1 N–H and O–H groups in total. The highest BCUT2D eigenvalue weighted by atomic mass is 32.1. The highest BCUT2D eigenvalue weighted by molar-refractivity contribution is 7.13. The minimum Gasteiger partial charge on any atom is -0.497 e. The molecule has 0 fully saturated rings. The predicted octanol–water partition coefficient (Wildman–Crippen LogP) is 7.07. The molecule has 0 bridgehead atoms. The Labute approximate surface area is 223 Å². The lowest BCUT2D eigenvalue weighted by atomic mass is 10.2. The molecule has 0 unspecified atom stereocenters. The van der Waals surface area contributed by atoms with E-state index in [1.807, 2.05) is 47.2 Å². The van der Waals surface area contributed by atoms with E-state index < -0.39 is 6.36 Å². The van der Waals surface area contributed by atoms with Crippen molar-refractivity contribution in [3.63, 3.8) is 0 Å². The van der Waals surface area contributed by atoms with Crippen molar-refractivity contribution in [1.82, 2.24) is 14.9 Å². The summed E-state index contributed by atoms with van der Waals surface area (Å²) in [5.41, 5.74) is 4.41. The van der Waals surface area contributed by atoms with E-state index in [0.717, 1.165) is 46.1 Å². The Balaban J connectivity index is 1.67. The third-order valence-electron chi connectivity index (χ3n) is 6.03. The highest BCUT2D eigenvalue weighted by Gasteiger charge is 2.31. The van der Waals surface area contributed by atoms with Crippen LogP contribution < -0.4 is 14.8 Å². The van der Waals surface area contributed by atoms with Crippen molar-refractivity contribution in [1.29, 1.82) is 0 Å². The van der Waals surface area contributed by atoms with Crippen LogP contribution in [0.25, 0.3) is 22.0 Å².